The van der Waals surface area contributed by atoms with E-state index >= 15 is 0 Å². The Morgan fingerprint density at radius 2 is 1.57 bits per heavy atom. The molecule has 0 amide bonds. The second kappa shape index (κ2) is 13.1. The fraction of sp³-hybridized carbons (Fsp3) is 0.200. The number of rotatable bonds is 8. The molecule has 3 aromatic rings. The van der Waals surface area contributed by atoms with Gasteiger partial charge in [0, 0.05) is 34.3 Å². The van der Waals surface area contributed by atoms with Crippen molar-refractivity contribution >= 4 is 30.3 Å². The summed E-state index contributed by atoms with van der Waals surface area (Å²) < 4.78 is 2.34. The van der Waals surface area contributed by atoms with E-state index in [-0.39, 0.29) is 0 Å². The fourth-order valence-electron chi connectivity index (χ4n) is 2.59. The molecule has 0 aliphatic heterocycles. The van der Waals surface area contributed by atoms with Crippen molar-refractivity contribution in [3.8, 4) is 0 Å². The number of hydrogen-bond acceptors (Lipinski definition) is 5. The predicted octanol–water partition coefficient (Wildman–Crippen LogP) is 5.97. The number of nitrogens with two attached hydrogens (primary N) is 2. The first kappa shape index (κ1) is 23.9. The van der Waals surface area contributed by atoms with Crippen molar-refractivity contribution in [1.29, 1.82) is 0 Å². The van der Waals surface area contributed by atoms with Gasteiger partial charge in [-0.05, 0) is 73.7 Å². The van der Waals surface area contributed by atoms with Crippen LogP contribution in [0.3, 0.4) is 0 Å². The van der Waals surface area contributed by atoms with E-state index in [1.54, 1.807) is 11.9 Å². The highest BCUT2D eigenvalue weighted by Gasteiger charge is 2.08. The van der Waals surface area contributed by atoms with Gasteiger partial charge in [0.25, 0.3) is 0 Å². The summed E-state index contributed by atoms with van der Waals surface area (Å²) in [5, 5.41) is 0. The molecule has 0 radical (unpaired) electrons. The van der Waals surface area contributed by atoms with Crippen LogP contribution in [0.1, 0.15) is 17.5 Å². The second-order valence-corrected chi connectivity index (χ2v) is 8.76. The Bertz CT molecular complexity index is 879. The molecule has 158 valence electrons. The van der Waals surface area contributed by atoms with Crippen LogP contribution in [0.2, 0.25) is 0 Å². The Morgan fingerprint density at radius 3 is 2.10 bits per heavy atom. The van der Waals surface area contributed by atoms with Gasteiger partial charge in [-0.15, -0.1) is 12.6 Å². The number of benzene rings is 3. The largest absolute Gasteiger partial charge is 0.402 e. The molecular weight excluding hydrogens is 406 g/mol. The average Bonchev–Trinajstić information content (AvgIpc) is 2.73. The van der Waals surface area contributed by atoms with Gasteiger partial charge in [-0.25, -0.2) is 4.31 Å². The zero-order valence-electron chi connectivity index (χ0n) is 17.5. The van der Waals surface area contributed by atoms with Crippen LogP contribution in [0, 0.1) is 6.92 Å². The monoisotopic (exact) mass is 437 g/mol. The van der Waals surface area contributed by atoms with Gasteiger partial charge in [0.05, 0.1) is 0 Å². The maximum Gasteiger partial charge on any atom is 0.0314 e. The Kier molecular flexibility index (Phi) is 10.4. The summed E-state index contributed by atoms with van der Waals surface area (Å²) >= 11 is 5.83. The van der Waals surface area contributed by atoms with Crippen LogP contribution in [0.4, 0.5) is 5.69 Å². The summed E-state index contributed by atoms with van der Waals surface area (Å²) in [6.45, 7) is 7.76. The molecule has 4 N–H and O–H groups in total. The van der Waals surface area contributed by atoms with Gasteiger partial charge in [0.2, 0.25) is 0 Å². The topological polar surface area (TPSA) is 55.3 Å². The van der Waals surface area contributed by atoms with E-state index in [2.05, 4.69) is 66.8 Å². The van der Waals surface area contributed by atoms with Crippen LogP contribution in [0.25, 0.3) is 0 Å². The lowest BCUT2D eigenvalue weighted by molar-refractivity contribution is 0.477. The van der Waals surface area contributed by atoms with Crippen LogP contribution >= 0.6 is 24.6 Å². The van der Waals surface area contributed by atoms with Crippen LogP contribution < -0.4 is 11.5 Å². The van der Waals surface area contributed by atoms with Crippen LogP contribution in [0.5, 0.6) is 0 Å². The normalized spacial score (nSPS) is 10.4. The molecule has 0 atom stereocenters. The molecule has 0 fully saturated rings. The van der Waals surface area contributed by atoms with Gasteiger partial charge in [-0.1, -0.05) is 54.6 Å². The quantitative estimate of drug-likeness (QED) is 0.231. The molecule has 3 nitrogen and oxygen atoms in total. The van der Waals surface area contributed by atoms with Gasteiger partial charge in [0.15, 0.2) is 0 Å². The molecule has 30 heavy (non-hydrogen) atoms. The molecule has 0 heterocycles. The minimum absolute atomic E-state index is 0.725. The van der Waals surface area contributed by atoms with Crippen molar-refractivity contribution in [2.24, 2.45) is 5.73 Å². The van der Waals surface area contributed by atoms with Crippen molar-refractivity contribution in [3.05, 3.63) is 102 Å². The molecule has 0 spiro atoms. The lowest BCUT2D eigenvalue weighted by Crippen LogP contribution is -2.21. The standard InChI is InChI=1S/C19H25N3S.C6H6S/c1-15-3-5-17(6-4-15)12-14-22(13-11-16(2)20)23-19-9-7-18(21)8-10-19;7-6-4-2-1-3-5-6/h3-10H,2,11-14,20-21H2,1H3;1-5,7H. The molecule has 0 saturated heterocycles. The van der Waals surface area contributed by atoms with Crippen molar-refractivity contribution in [1.82, 2.24) is 4.31 Å². The number of nitrogens with zero attached hydrogens (tertiary/aromatic N) is 1. The molecule has 5 heteroatoms. The van der Waals surface area contributed by atoms with E-state index in [0.29, 0.717) is 0 Å². The third-order valence-electron chi connectivity index (χ3n) is 4.32. The Morgan fingerprint density at radius 1 is 0.933 bits per heavy atom. The van der Waals surface area contributed by atoms with E-state index in [4.69, 9.17) is 11.5 Å². The molecule has 0 aliphatic rings. The molecule has 3 aromatic carbocycles. The van der Waals surface area contributed by atoms with Gasteiger partial charge < -0.3 is 11.5 Å². The molecular formula is C25H31N3S2. The van der Waals surface area contributed by atoms with Gasteiger partial charge in [-0.2, -0.15) is 0 Å². The maximum absolute atomic E-state index is 5.75. The number of aryl methyl sites for hydroxylation is 1. The zero-order chi connectivity index (χ0) is 21.8. The Hall–Kier alpha value is -2.34. The average molecular weight is 438 g/mol. The summed E-state index contributed by atoms with van der Waals surface area (Å²) in [5.41, 5.74) is 15.6. The Labute approximate surface area is 190 Å². The van der Waals surface area contributed by atoms with Crippen molar-refractivity contribution in [3.63, 3.8) is 0 Å². The van der Waals surface area contributed by atoms with Crippen LogP contribution in [0.15, 0.2) is 101 Å². The minimum Gasteiger partial charge on any atom is -0.402 e. The lowest BCUT2D eigenvalue weighted by Gasteiger charge is -2.21. The van der Waals surface area contributed by atoms with Gasteiger partial charge in [-0.3, -0.25) is 0 Å². The highest BCUT2D eigenvalue weighted by Crippen LogP contribution is 2.24. The molecule has 0 saturated carbocycles. The van der Waals surface area contributed by atoms with E-state index in [1.165, 1.54) is 16.0 Å². The zero-order valence-corrected chi connectivity index (χ0v) is 19.2. The first-order chi connectivity index (χ1) is 14.4. The lowest BCUT2D eigenvalue weighted by atomic mass is 10.1. The first-order valence-electron chi connectivity index (χ1n) is 9.93. The number of anilines is 1. The minimum atomic E-state index is 0.725. The van der Waals surface area contributed by atoms with Crippen molar-refractivity contribution in [2.45, 2.75) is 29.6 Å². The van der Waals surface area contributed by atoms with E-state index in [0.717, 1.165) is 42.2 Å². The molecule has 3 rings (SSSR count). The SMILES string of the molecule is C=C(N)CCN(CCc1ccc(C)cc1)Sc1ccc(N)cc1.Sc1ccccc1. The number of hydrogen-bond donors (Lipinski definition) is 3. The van der Waals surface area contributed by atoms with Crippen molar-refractivity contribution in [2.75, 3.05) is 18.8 Å². The van der Waals surface area contributed by atoms with Gasteiger partial charge >= 0.3 is 0 Å². The molecule has 0 unspecified atom stereocenters. The van der Waals surface area contributed by atoms with Crippen LogP contribution in [-0.4, -0.2) is 17.4 Å². The predicted molar refractivity (Wildman–Crippen MR) is 135 cm³/mol. The Balaban J connectivity index is 0.000000386. The highest BCUT2D eigenvalue weighted by molar-refractivity contribution is 7.97. The summed E-state index contributed by atoms with van der Waals surface area (Å²) in [7, 11) is 0. The highest BCUT2D eigenvalue weighted by atomic mass is 32.2. The smallest absolute Gasteiger partial charge is 0.0314 e. The molecule has 0 bridgehead atoms. The second-order valence-electron chi connectivity index (χ2n) is 7.07. The third-order valence-corrected chi connectivity index (χ3v) is 5.73. The number of thiol groups is 1. The van der Waals surface area contributed by atoms with E-state index in [1.807, 2.05) is 42.5 Å². The molecule has 0 aromatic heterocycles. The fourth-order valence-corrected chi connectivity index (χ4v) is 3.68. The van der Waals surface area contributed by atoms with Crippen molar-refractivity contribution < 1.29 is 0 Å². The van der Waals surface area contributed by atoms with Crippen LogP contribution in [-0.2, 0) is 6.42 Å². The summed E-state index contributed by atoms with van der Waals surface area (Å²) in [5.74, 6) is 0. The third kappa shape index (κ3) is 9.92. The van der Waals surface area contributed by atoms with E-state index in [9.17, 15) is 0 Å². The molecule has 0 aliphatic carbocycles. The summed E-state index contributed by atoms with van der Waals surface area (Å²) in [4.78, 5) is 2.20. The number of nitrogen functional groups attached to an aromatic ring is 1. The van der Waals surface area contributed by atoms with E-state index < -0.39 is 0 Å². The maximum atomic E-state index is 5.75. The van der Waals surface area contributed by atoms with Gasteiger partial charge in [0.1, 0.15) is 0 Å². The first-order valence-corrected chi connectivity index (χ1v) is 11.2. The summed E-state index contributed by atoms with van der Waals surface area (Å²) in [6, 6.07) is 26.5. The summed E-state index contributed by atoms with van der Waals surface area (Å²) in [6.07, 6.45) is 1.81.